The van der Waals surface area contributed by atoms with Crippen LogP contribution in [-0.2, 0) is 24.7 Å². The Balaban J connectivity index is 0. The van der Waals surface area contributed by atoms with Gasteiger partial charge in [0.25, 0.3) is 10.1 Å². The molecule has 0 heterocycles. The Morgan fingerprint density at radius 1 is 0.727 bits per heavy atom. The van der Waals surface area contributed by atoms with E-state index in [4.69, 9.17) is 9.35 Å². The normalized spacial score (nSPS) is 10.2. The van der Waals surface area contributed by atoms with Crippen LogP contribution in [0.3, 0.4) is 0 Å². The molecule has 12 heteroatoms. The zero-order chi connectivity index (χ0) is 23.8. The van der Waals surface area contributed by atoms with Gasteiger partial charge in [-0.2, -0.15) is 8.42 Å². The second kappa shape index (κ2) is 14.1. The van der Waals surface area contributed by atoms with Crippen molar-refractivity contribution in [3.8, 4) is 11.5 Å². The predicted octanol–water partition coefficient (Wildman–Crippen LogP) is -0.588. The third kappa shape index (κ3) is 9.64. The van der Waals surface area contributed by atoms with Gasteiger partial charge >= 0.3 is 29.6 Å². The summed E-state index contributed by atoms with van der Waals surface area (Å²) in [6, 6.07) is 14.5. The molecule has 0 atom stereocenters. The van der Waals surface area contributed by atoms with E-state index in [0.29, 0.717) is 5.56 Å². The van der Waals surface area contributed by atoms with Crippen molar-refractivity contribution >= 4 is 26.7 Å². The number of sulfone groups is 1. The van der Waals surface area contributed by atoms with Crippen molar-refractivity contribution in [1.29, 1.82) is 0 Å². The first kappa shape index (κ1) is 32.9. The molecule has 0 spiro atoms. The molecule has 0 unspecified atom stereocenters. The summed E-state index contributed by atoms with van der Waals surface area (Å²) < 4.78 is 54.3. The monoisotopic (exact) mass is 505 g/mol. The van der Waals surface area contributed by atoms with E-state index in [1.165, 1.54) is 54.6 Å². The van der Waals surface area contributed by atoms with Gasteiger partial charge in [0.2, 0.25) is 9.84 Å². The molecule has 33 heavy (non-hydrogen) atoms. The first-order chi connectivity index (χ1) is 14.4. The van der Waals surface area contributed by atoms with Gasteiger partial charge in [0.05, 0.1) is 14.7 Å². The van der Waals surface area contributed by atoms with Crippen LogP contribution in [0, 0.1) is 13.8 Å². The van der Waals surface area contributed by atoms with Crippen molar-refractivity contribution in [3.63, 3.8) is 0 Å². The van der Waals surface area contributed by atoms with Gasteiger partial charge in [-0.05, 0) is 49.7 Å². The van der Waals surface area contributed by atoms with Gasteiger partial charge in [0, 0.05) is 0 Å². The molecule has 3 aromatic carbocycles. The SMILES string of the molecule is C=O.Cc1ccc(S(=O)(=O)O)c(C)c1.O=S(=O)(c1ccc([O-])cc1)c1ccc([O-])cc1.[NH4+].[Na+]. The molecule has 174 valence electrons. The summed E-state index contributed by atoms with van der Waals surface area (Å²) in [6.45, 7) is 5.51. The topological polar surface area (TPSA) is 188 Å². The quantitative estimate of drug-likeness (QED) is 0.349. The van der Waals surface area contributed by atoms with Gasteiger partial charge in [-0.25, -0.2) is 8.42 Å². The molecule has 0 aliphatic rings. The Hall–Kier alpha value is -2.25. The molecule has 0 aliphatic carbocycles. The maximum atomic E-state index is 12.1. The minimum atomic E-state index is -4.05. The van der Waals surface area contributed by atoms with Gasteiger partial charge in [-0.3, -0.25) is 4.55 Å². The maximum absolute atomic E-state index is 12.1. The molecule has 0 aliphatic heterocycles. The smallest absolute Gasteiger partial charge is 0.872 e. The second-order valence-electron chi connectivity index (χ2n) is 6.19. The zero-order valence-corrected chi connectivity index (χ0v) is 22.3. The van der Waals surface area contributed by atoms with E-state index in [-0.39, 0.29) is 61.9 Å². The first-order valence-corrected chi connectivity index (χ1v) is 11.5. The van der Waals surface area contributed by atoms with Gasteiger partial charge in [0.15, 0.2) is 0 Å². The Kier molecular flexibility index (Phi) is 14.1. The van der Waals surface area contributed by atoms with Crippen LogP contribution >= 0.6 is 0 Å². The third-order valence-corrected chi connectivity index (χ3v) is 6.68. The van der Waals surface area contributed by atoms with E-state index >= 15 is 0 Å². The van der Waals surface area contributed by atoms with Gasteiger partial charge in [-0.1, -0.05) is 42.0 Å². The van der Waals surface area contributed by atoms with E-state index < -0.39 is 20.0 Å². The summed E-state index contributed by atoms with van der Waals surface area (Å²) >= 11 is 0. The molecule has 0 bridgehead atoms. The molecule has 0 saturated carbocycles. The number of quaternary nitrogens is 1. The van der Waals surface area contributed by atoms with Crippen LogP contribution in [0.15, 0.2) is 81.4 Å². The number of hydrogen-bond acceptors (Lipinski definition) is 7. The van der Waals surface area contributed by atoms with Gasteiger partial charge in [0.1, 0.15) is 6.79 Å². The second-order valence-corrected chi connectivity index (χ2v) is 9.53. The van der Waals surface area contributed by atoms with E-state index in [1.807, 2.05) is 13.7 Å². The fourth-order valence-corrected chi connectivity index (χ4v) is 4.43. The van der Waals surface area contributed by atoms with Crippen LogP contribution in [0.5, 0.6) is 11.5 Å². The molecular weight excluding hydrogens is 481 g/mol. The van der Waals surface area contributed by atoms with Crippen LogP contribution in [0.25, 0.3) is 0 Å². The van der Waals surface area contributed by atoms with E-state index in [2.05, 4.69) is 0 Å². The molecule has 0 amide bonds. The molecule has 0 radical (unpaired) electrons. The molecule has 9 nitrogen and oxygen atoms in total. The summed E-state index contributed by atoms with van der Waals surface area (Å²) in [5, 5.41) is 21.8. The van der Waals surface area contributed by atoms with Crippen LogP contribution < -0.4 is 45.9 Å². The Morgan fingerprint density at radius 3 is 1.39 bits per heavy atom. The maximum Gasteiger partial charge on any atom is 1.00 e. The summed E-state index contributed by atoms with van der Waals surface area (Å²) in [6.07, 6.45) is 0. The van der Waals surface area contributed by atoms with Crippen molar-refractivity contribution in [2.75, 3.05) is 0 Å². The third-order valence-electron chi connectivity index (χ3n) is 3.88. The van der Waals surface area contributed by atoms with Crippen molar-refractivity contribution in [2.24, 2.45) is 0 Å². The summed E-state index contributed by atoms with van der Waals surface area (Å²) in [7, 11) is -7.70. The predicted molar refractivity (Wildman–Crippen MR) is 116 cm³/mol. The number of aryl methyl sites for hydroxylation is 2. The van der Waals surface area contributed by atoms with Crippen LogP contribution in [0.2, 0.25) is 0 Å². The molecular formula is C21H24NNaO8S2. The summed E-state index contributed by atoms with van der Waals surface area (Å²) in [5.74, 6) is -0.502. The molecule has 3 rings (SSSR count). The Bertz CT molecular complexity index is 1180. The molecule has 5 N–H and O–H groups in total. The fourth-order valence-electron chi connectivity index (χ4n) is 2.46. The Morgan fingerprint density at radius 2 is 1.09 bits per heavy atom. The van der Waals surface area contributed by atoms with Crippen LogP contribution in [-0.4, -0.2) is 28.2 Å². The first-order valence-electron chi connectivity index (χ1n) is 8.54. The van der Waals surface area contributed by atoms with Gasteiger partial charge < -0.3 is 21.2 Å². The van der Waals surface area contributed by atoms with Crippen LogP contribution in [0.4, 0.5) is 0 Å². The fraction of sp³-hybridized carbons (Fsp3) is 0.0952. The zero-order valence-electron chi connectivity index (χ0n) is 18.7. The number of hydrogen-bond donors (Lipinski definition) is 2. The van der Waals surface area contributed by atoms with Crippen molar-refractivity contribution in [2.45, 2.75) is 28.5 Å². The van der Waals surface area contributed by atoms with Crippen molar-refractivity contribution in [1.82, 2.24) is 6.15 Å². The average Bonchev–Trinajstić information content (AvgIpc) is 2.69. The average molecular weight is 506 g/mol. The summed E-state index contributed by atoms with van der Waals surface area (Å²) in [5.41, 5.74) is 1.54. The van der Waals surface area contributed by atoms with E-state index in [9.17, 15) is 27.0 Å². The Labute approximate surface area is 215 Å². The van der Waals surface area contributed by atoms with E-state index in [1.54, 1.807) is 19.1 Å². The number of carbonyl (C=O) groups is 1. The minimum absolute atomic E-state index is 0. The van der Waals surface area contributed by atoms with Crippen molar-refractivity contribution < 1.29 is 66.0 Å². The standard InChI is InChI=1S/C12H10O4S.C8H10O3S.CH2O.H3N.Na/c13-9-1-5-11(6-2-9)17(15,16)12-7-3-10(14)4-8-12;1-6-3-4-8(7(2)5-6)12(9,10)11;1-2;;/h1-8,13-14H;3-5H,1-2H3,(H,9,10,11);1H2;1H3;/q;;;;+1/p-1. The van der Waals surface area contributed by atoms with E-state index in [0.717, 1.165) is 5.56 Å². The van der Waals surface area contributed by atoms with Crippen molar-refractivity contribution in [3.05, 3.63) is 77.9 Å². The molecule has 0 aromatic heterocycles. The number of benzene rings is 3. The molecule has 0 saturated heterocycles. The molecule has 3 aromatic rings. The minimum Gasteiger partial charge on any atom is -0.872 e. The summed E-state index contributed by atoms with van der Waals surface area (Å²) in [4.78, 5) is 8.06. The number of rotatable bonds is 3. The molecule has 0 fully saturated rings. The largest absolute Gasteiger partial charge is 1.00 e. The number of carbonyl (C=O) groups excluding carboxylic acids is 1. The van der Waals surface area contributed by atoms with Gasteiger partial charge in [-0.15, -0.1) is 11.5 Å². The van der Waals surface area contributed by atoms with Crippen LogP contribution in [0.1, 0.15) is 11.1 Å².